The molecule has 8 N–H and O–H groups in total. The molecule has 0 spiro atoms. The predicted octanol–water partition coefficient (Wildman–Crippen LogP) is -0.625. The molecular weight excluding hydrogens is 384 g/mol. The van der Waals surface area contributed by atoms with E-state index in [2.05, 4.69) is 23.3 Å². The highest BCUT2D eigenvalue weighted by Crippen LogP contribution is 2.12. The topological polar surface area (TPSA) is 168 Å². The van der Waals surface area contributed by atoms with Crippen molar-refractivity contribution in [2.24, 2.45) is 11.5 Å². The van der Waals surface area contributed by atoms with E-state index < -0.39 is 35.9 Å². The highest BCUT2D eigenvalue weighted by molar-refractivity contribution is 7.80. The van der Waals surface area contributed by atoms with Crippen molar-refractivity contribution in [3.63, 3.8) is 0 Å². The summed E-state index contributed by atoms with van der Waals surface area (Å²) < 4.78 is 0. The second kappa shape index (κ2) is 12.2. The van der Waals surface area contributed by atoms with Crippen molar-refractivity contribution >= 4 is 30.4 Å². The zero-order valence-electron chi connectivity index (χ0n) is 15.5. The predicted molar refractivity (Wildman–Crippen MR) is 108 cm³/mol. The Hall–Kier alpha value is -2.30. The van der Waals surface area contributed by atoms with Gasteiger partial charge in [0, 0.05) is 12.2 Å². The molecule has 1 rings (SSSR count). The molecule has 0 aromatic heterocycles. The molecule has 10 heteroatoms. The number of rotatable bonds is 12. The molecule has 0 radical (unpaired) electrons. The lowest BCUT2D eigenvalue weighted by molar-refractivity contribution is -0.142. The second-order valence-electron chi connectivity index (χ2n) is 6.40. The first kappa shape index (κ1) is 23.7. The third-order valence-corrected chi connectivity index (χ3v) is 4.50. The fourth-order valence-corrected chi connectivity index (χ4v) is 2.63. The molecule has 0 saturated heterocycles. The average molecular weight is 413 g/mol. The van der Waals surface area contributed by atoms with E-state index in [1.54, 1.807) is 12.1 Å². The third kappa shape index (κ3) is 8.15. The molecule has 28 heavy (non-hydrogen) atoms. The fourth-order valence-electron chi connectivity index (χ4n) is 2.46. The van der Waals surface area contributed by atoms with Crippen molar-refractivity contribution < 1.29 is 24.6 Å². The van der Waals surface area contributed by atoms with E-state index in [1.165, 1.54) is 12.1 Å². The molecule has 0 saturated carbocycles. The summed E-state index contributed by atoms with van der Waals surface area (Å²) in [5.41, 5.74) is 11.7. The van der Waals surface area contributed by atoms with Crippen LogP contribution in [0.3, 0.4) is 0 Å². The zero-order chi connectivity index (χ0) is 21.1. The molecule has 3 unspecified atom stereocenters. The number of aliphatic carboxylic acids is 1. The van der Waals surface area contributed by atoms with Crippen LogP contribution >= 0.6 is 12.6 Å². The van der Waals surface area contributed by atoms with Gasteiger partial charge in [0.1, 0.15) is 17.8 Å². The number of phenols is 1. The summed E-state index contributed by atoms with van der Waals surface area (Å²) in [5.74, 6) is -2.20. The molecule has 1 aromatic rings. The lowest BCUT2D eigenvalue weighted by atomic mass is 10.0. The van der Waals surface area contributed by atoms with Gasteiger partial charge < -0.3 is 32.3 Å². The van der Waals surface area contributed by atoms with E-state index >= 15 is 0 Å². The van der Waals surface area contributed by atoms with Crippen LogP contribution in [0.4, 0.5) is 0 Å². The van der Waals surface area contributed by atoms with Crippen LogP contribution in [0.1, 0.15) is 24.8 Å². The Kier molecular flexibility index (Phi) is 10.4. The zero-order valence-corrected chi connectivity index (χ0v) is 16.4. The van der Waals surface area contributed by atoms with Crippen molar-refractivity contribution in [2.75, 3.05) is 12.3 Å². The molecule has 2 amide bonds. The Bertz CT molecular complexity index is 656. The van der Waals surface area contributed by atoms with Crippen LogP contribution in [-0.4, -0.2) is 58.4 Å². The summed E-state index contributed by atoms with van der Waals surface area (Å²) in [6, 6.07) is 3.11. The summed E-state index contributed by atoms with van der Waals surface area (Å²) >= 11 is 3.97. The molecule has 0 bridgehead atoms. The molecule has 0 aliphatic heterocycles. The van der Waals surface area contributed by atoms with Gasteiger partial charge in [-0.05, 0) is 43.5 Å². The minimum atomic E-state index is -1.16. The molecule has 3 atom stereocenters. The summed E-state index contributed by atoms with van der Waals surface area (Å²) in [6.07, 6.45) is 1.53. The fraction of sp³-hybridized carbons (Fsp3) is 0.500. The summed E-state index contributed by atoms with van der Waals surface area (Å²) in [7, 11) is 0. The molecule has 0 aliphatic rings. The highest BCUT2D eigenvalue weighted by Gasteiger charge is 2.27. The molecule has 0 fully saturated rings. The van der Waals surface area contributed by atoms with Gasteiger partial charge >= 0.3 is 5.97 Å². The van der Waals surface area contributed by atoms with Crippen LogP contribution in [-0.2, 0) is 20.8 Å². The monoisotopic (exact) mass is 412 g/mol. The normalized spacial score (nSPS) is 14.0. The maximum absolute atomic E-state index is 12.7. The largest absolute Gasteiger partial charge is 0.508 e. The Morgan fingerprint density at radius 2 is 1.64 bits per heavy atom. The van der Waals surface area contributed by atoms with Crippen LogP contribution in [0.15, 0.2) is 24.3 Å². The number of hydrogen-bond donors (Lipinski definition) is 7. The number of phenolic OH excluding ortho intramolecular Hbond substituents is 1. The van der Waals surface area contributed by atoms with E-state index in [0.717, 1.165) is 0 Å². The Balaban J connectivity index is 2.90. The summed E-state index contributed by atoms with van der Waals surface area (Å²) in [5, 5.41) is 23.7. The smallest absolute Gasteiger partial charge is 0.326 e. The lowest BCUT2D eigenvalue weighted by Crippen LogP contribution is -2.55. The average Bonchev–Trinajstić information content (AvgIpc) is 2.67. The van der Waals surface area contributed by atoms with Gasteiger partial charge in [-0.3, -0.25) is 9.59 Å². The minimum absolute atomic E-state index is 0.0664. The van der Waals surface area contributed by atoms with Crippen molar-refractivity contribution in [3.8, 4) is 5.75 Å². The maximum atomic E-state index is 12.7. The van der Waals surface area contributed by atoms with Crippen molar-refractivity contribution in [1.29, 1.82) is 0 Å². The number of aromatic hydroxyl groups is 1. The van der Waals surface area contributed by atoms with Crippen LogP contribution in [0.25, 0.3) is 0 Å². The van der Waals surface area contributed by atoms with Gasteiger partial charge in [-0.25, -0.2) is 4.79 Å². The van der Waals surface area contributed by atoms with Gasteiger partial charge in [0.15, 0.2) is 0 Å². The first-order valence-electron chi connectivity index (χ1n) is 8.96. The van der Waals surface area contributed by atoms with E-state index in [9.17, 15) is 24.6 Å². The standard InChI is InChI=1S/C18H28N4O5S/c19-8-2-1-3-14(18(26)27)21-17(25)15(22-16(24)13(20)10-28)9-11-4-6-12(23)7-5-11/h4-7,13-15,23,28H,1-3,8-10,19-20H2,(H,21,25)(H,22,24)(H,26,27). The van der Waals surface area contributed by atoms with E-state index in [0.29, 0.717) is 24.9 Å². The molecule has 0 aliphatic carbocycles. The van der Waals surface area contributed by atoms with Crippen molar-refractivity contribution in [2.45, 2.75) is 43.8 Å². The Labute approximate surface area is 169 Å². The van der Waals surface area contributed by atoms with Crippen LogP contribution < -0.4 is 22.1 Å². The summed E-state index contributed by atoms with van der Waals surface area (Å²) in [4.78, 5) is 36.2. The number of amides is 2. The molecular formula is C18H28N4O5S. The number of hydrogen-bond acceptors (Lipinski definition) is 7. The quantitative estimate of drug-likeness (QED) is 0.177. The maximum Gasteiger partial charge on any atom is 0.326 e. The number of carbonyl (C=O) groups is 3. The van der Waals surface area contributed by atoms with E-state index in [4.69, 9.17) is 11.5 Å². The van der Waals surface area contributed by atoms with Crippen LogP contribution in [0, 0.1) is 0 Å². The first-order valence-corrected chi connectivity index (χ1v) is 9.59. The van der Waals surface area contributed by atoms with Gasteiger partial charge in [-0.15, -0.1) is 0 Å². The number of benzene rings is 1. The van der Waals surface area contributed by atoms with E-state index in [1.807, 2.05) is 0 Å². The summed E-state index contributed by atoms with van der Waals surface area (Å²) in [6.45, 7) is 0.432. The van der Waals surface area contributed by atoms with Crippen molar-refractivity contribution in [1.82, 2.24) is 10.6 Å². The number of thiol groups is 1. The third-order valence-electron chi connectivity index (χ3n) is 4.10. The molecule has 156 valence electrons. The van der Waals surface area contributed by atoms with Crippen molar-refractivity contribution in [3.05, 3.63) is 29.8 Å². The number of carboxylic acids is 1. The SMILES string of the molecule is NCCCCC(NC(=O)C(Cc1ccc(O)cc1)NC(=O)C(N)CS)C(=O)O. The minimum Gasteiger partial charge on any atom is -0.508 e. The molecule has 0 heterocycles. The number of nitrogens with one attached hydrogen (secondary N) is 2. The van der Waals surface area contributed by atoms with Crippen LogP contribution in [0.5, 0.6) is 5.75 Å². The van der Waals surface area contributed by atoms with Crippen LogP contribution in [0.2, 0.25) is 0 Å². The molecule has 9 nitrogen and oxygen atoms in total. The number of carboxylic acid groups (broad SMARTS) is 1. The second-order valence-corrected chi connectivity index (χ2v) is 6.77. The Morgan fingerprint density at radius 1 is 1.04 bits per heavy atom. The number of unbranched alkanes of at least 4 members (excludes halogenated alkanes) is 1. The number of carbonyl (C=O) groups excluding carboxylic acids is 2. The lowest BCUT2D eigenvalue weighted by Gasteiger charge is -2.23. The number of nitrogens with two attached hydrogens (primary N) is 2. The highest BCUT2D eigenvalue weighted by atomic mass is 32.1. The van der Waals surface area contributed by atoms with Gasteiger partial charge in [0.25, 0.3) is 0 Å². The first-order chi connectivity index (χ1) is 13.3. The van der Waals surface area contributed by atoms with E-state index in [-0.39, 0.29) is 24.3 Å². The molecule has 1 aromatic carbocycles. The Morgan fingerprint density at radius 3 is 2.18 bits per heavy atom. The van der Waals surface area contributed by atoms with Gasteiger partial charge in [0.2, 0.25) is 11.8 Å². The van der Waals surface area contributed by atoms with Gasteiger partial charge in [-0.2, -0.15) is 12.6 Å². The van der Waals surface area contributed by atoms with Gasteiger partial charge in [0.05, 0.1) is 6.04 Å². The van der Waals surface area contributed by atoms with Gasteiger partial charge in [-0.1, -0.05) is 12.1 Å².